The summed E-state index contributed by atoms with van der Waals surface area (Å²) in [6.07, 6.45) is 0.665. The molecule has 1 unspecified atom stereocenters. The molecule has 1 atom stereocenters. The first-order chi connectivity index (χ1) is 17.4. The van der Waals surface area contributed by atoms with E-state index in [2.05, 4.69) is 15.1 Å². The highest BCUT2D eigenvalue weighted by molar-refractivity contribution is 5.97. The van der Waals surface area contributed by atoms with Crippen molar-refractivity contribution in [2.24, 2.45) is 0 Å². The maximum atomic E-state index is 14.2. The van der Waals surface area contributed by atoms with Gasteiger partial charge in [-0.2, -0.15) is 0 Å². The lowest BCUT2D eigenvalue weighted by atomic mass is 10.1. The Bertz CT molecular complexity index is 1190. The van der Waals surface area contributed by atoms with Gasteiger partial charge in [0.15, 0.2) is 5.82 Å². The molecule has 2 heterocycles. The van der Waals surface area contributed by atoms with Crippen molar-refractivity contribution in [2.45, 2.75) is 33.2 Å². The summed E-state index contributed by atoms with van der Waals surface area (Å²) in [6.45, 7) is 8.07. The van der Waals surface area contributed by atoms with Crippen LogP contribution in [-0.2, 0) is 4.79 Å². The third-order valence-electron chi connectivity index (χ3n) is 6.75. The van der Waals surface area contributed by atoms with E-state index in [-0.39, 0.29) is 24.1 Å². The molecule has 0 radical (unpaired) electrons. The number of amides is 2. The normalized spacial score (nSPS) is 14.4. The predicted octanol–water partition coefficient (Wildman–Crippen LogP) is 4.18. The molecule has 2 aromatic carbocycles. The summed E-state index contributed by atoms with van der Waals surface area (Å²) in [4.78, 5) is 31.5. The Kier molecular flexibility index (Phi) is 7.93. The maximum Gasteiger partial charge on any atom is 0.257 e. The average molecular weight is 490 g/mol. The summed E-state index contributed by atoms with van der Waals surface area (Å²) in [6, 6.07) is 17.8. The fourth-order valence-electron chi connectivity index (χ4n) is 4.24. The second kappa shape index (κ2) is 11.3. The molecular formula is C28H32FN5O2. The monoisotopic (exact) mass is 489 g/mol. The largest absolute Gasteiger partial charge is 0.352 e. The molecule has 4 rings (SSSR count). The molecule has 8 heteroatoms. The molecule has 1 fully saturated rings. The first-order valence-electron chi connectivity index (χ1n) is 12.4. The Hall–Kier alpha value is -3.81. The van der Waals surface area contributed by atoms with E-state index >= 15 is 0 Å². The molecule has 1 aliphatic heterocycles. The molecule has 0 saturated carbocycles. The molecule has 1 aromatic heterocycles. The van der Waals surface area contributed by atoms with Crippen LogP contribution in [0.25, 0.3) is 11.3 Å². The van der Waals surface area contributed by atoms with Gasteiger partial charge in [-0.15, -0.1) is 10.2 Å². The van der Waals surface area contributed by atoms with Gasteiger partial charge in [-0.25, -0.2) is 4.39 Å². The summed E-state index contributed by atoms with van der Waals surface area (Å²) < 4.78 is 14.2. The van der Waals surface area contributed by atoms with Crippen LogP contribution in [0.2, 0.25) is 0 Å². The van der Waals surface area contributed by atoms with E-state index in [4.69, 9.17) is 0 Å². The number of carbonyl (C=O) groups excluding carboxylic acids is 2. The number of hydrogen-bond acceptors (Lipinski definition) is 5. The van der Waals surface area contributed by atoms with Crippen molar-refractivity contribution >= 4 is 17.6 Å². The smallest absolute Gasteiger partial charge is 0.257 e. The van der Waals surface area contributed by atoms with Crippen molar-refractivity contribution in [3.8, 4) is 11.3 Å². The molecule has 2 amide bonds. The number of halogens is 1. The summed E-state index contributed by atoms with van der Waals surface area (Å²) >= 11 is 0. The number of piperazine rings is 1. The van der Waals surface area contributed by atoms with Crippen molar-refractivity contribution in [3.05, 3.63) is 77.6 Å². The van der Waals surface area contributed by atoms with Crippen LogP contribution in [0.15, 0.2) is 60.7 Å². The first kappa shape index (κ1) is 25.3. The van der Waals surface area contributed by atoms with Gasteiger partial charge < -0.3 is 14.7 Å². The van der Waals surface area contributed by atoms with E-state index in [0.717, 1.165) is 17.1 Å². The van der Waals surface area contributed by atoms with E-state index in [9.17, 15) is 14.0 Å². The Morgan fingerprint density at radius 2 is 1.67 bits per heavy atom. The number of aromatic nitrogens is 2. The third kappa shape index (κ3) is 5.70. The number of carbonyl (C=O) groups is 2. The van der Waals surface area contributed by atoms with Crippen LogP contribution in [0.4, 0.5) is 10.2 Å². The van der Waals surface area contributed by atoms with Crippen LogP contribution in [0.3, 0.4) is 0 Å². The molecule has 7 nitrogen and oxygen atoms in total. The molecule has 3 aromatic rings. The lowest BCUT2D eigenvalue weighted by Gasteiger charge is -2.37. The lowest BCUT2D eigenvalue weighted by molar-refractivity contribution is -0.132. The average Bonchev–Trinajstić information content (AvgIpc) is 2.92. The van der Waals surface area contributed by atoms with Gasteiger partial charge in [0, 0.05) is 37.8 Å². The van der Waals surface area contributed by atoms with E-state index in [1.54, 1.807) is 17.0 Å². The first-order valence-corrected chi connectivity index (χ1v) is 12.4. The number of aryl methyl sites for hydroxylation is 1. The number of rotatable bonds is 7. The van der Waals surface area contributed by atoms with Gasteiger partial charge in [0.1, 0.15) is 12.4 Å². The Balaban J connectivity index is 1.37. The molecule has 1 aliphatic rings. The topological polar surface area (TPSA) is 69.6 Å². The van der Waals surface area contributed by atoms with Crippen LogP contribution >= 0.6 is 0 Å². The van der Waals surface area contributed by atoms with Gasteiger partial charge >= 0.3 is 0 Å². The zero-order valence-electron chi connectivity index (χ0n) is 21.0. The van der Waals surface area contributed by atoms with Crippen molar-refractivity contribution in [1.82, 2.24) is 20.0 Å². The highest BCUT2D eigenvalue weighted by Crippen LogP contribution is 2.20. The van der Waals surface area contributed by atoms with E-state index in [0.29, 0.717) is 32.6 Å². The molecule has 1 saturated heterocycles. The Morgan fingerprint density at radius 3 is 2.28 bits per heavy atom. The van der Waals surface area contributed by atoms with Crippen molar-refractivity contribution < 1.29 is 14.0 Å². The van der Waals surface area contributed by atoms with Crippen molar-refractivity contribution in [2.75, 3.05) is 37.6 Å². The quantitative estimate of drug-likeness (QED) is 0.498. The van der Waals surface area contributed by atoms with Crippen molar-refractivity contribution in [1.29, 1.82) is 0 Å². The molecule has 0 N–H and O–H groups in total. The zero-order valence-corrected chi connectivity index (χ0v) is 21.0. The van der Waals surface area contributed by atoms with E-state index in [1.807, 2.05) is 57.2 Å². The zero-order chi connectivity index (χ0) is 25.7. The minimum absolute atomic E-state index is 0.0110. The minimum atomic E-state index is -0.577. The second-order valence-electron chi connectivity index (χ2n) is 9.18. The van der Waals surface area contributed by atoms with E-state index < -0.39 is 11.7 Å². The molecule has 36 heavy (non-hydrogen) atoms. The van der Waals surface area contributed by atoms with Crippen LogP contribution in [0.1, 0.15) is 36.2 Å². The maximum absolute atomic E-state index is 14.2. The fraction of sp³-hybridized carbons (Fsp3) is 0.357. The van der Waals surface area contributed by atoms with Crippen LogP contribution in [-0.4, -0.2) is 70.6 Å². The van der Waals surface area contributed by atoms with Gasteiger partial charge in [0.2, 0.25) is 5.91 Å². The highest BCUT2D eigenvalue weighted by atomic mass is 19.1. The van der Waals surface area contributed by atoms with E-state index in [1.165, 1.54) is 22.6 Å². The van der Waals surface area contributed by atoms with Crippen LogP contribution in [0.5, 0.6) is 0 Å². The molecule has 188 valence electrons. The molecule has 0 aliphatic carbocycles. The SMILES string of the molecule is CCC(C)N(CC(=O)N1CCN(c2ccc(-c3ccc(C)cc3)nn2)CC1)C(=O)c1ccccc1F. The number of anilines is 1. The second-order valence-corrected chi connectivity index (χ2v) is 9.18. The van der Waals surface area contributed by atoms with Gasteiger partial charge in [-0.05, 0) is 44.5 Å². The Labute approximate surface area is 211 Å². The minimum Gasteiger partial charge on any atom is -0.352 e. The highest BCUT2D eigenvalue weighted by Gasteiger charge is 2.29. The third-order valence-corrected chi connectivity index (χ3v) is 6.75. The molecular weight excluding hydrogens is 457 g/mol. The number of benzene rings is 2. The van der Waals surface area contributed by atoms with Gasteiger partial charge in [-0.3, -0.25) is 9.59 Å². The number of hydrogen-bond donors (Lipinski definition) is 0. The summed E-state index contributed by atoms with van der Waals surface area (Å²) in [5.74, 6) is -0.404. The Morgan fingerprint density at radius 1 is 0.972 bits per heavy atom. The lowest BCUT2D eigenvalue weighted by Crippen LogP contribution is -2.53. The fourth-order valence-corrected chi connectivity index (χ4v) is 4.24. The molecule has 0 spiro atoms. The summed E-state index contributed by atoms with van der Waals surface area (Å²) in [5.41, 5.74) is 3.02. The van der Waals surface area contributed by atoms with Crippen LogP contribution in [0, 0.1) is 12.7 Å². The van der Waals surface area contributed by atoms with Crippen molar-refractivity contribution in [3.63, 3.8) is 0 Å². The molecule has 0 bridgehead atoms. The predicted molar refractivity (Wildman–Crippen MR) is 138 cm³/mol. The van der Waals surface area contributed by atoms with Gasteiger partial charge in [0.25, 0.3) is 5.91 Å². The van der Waals surface area contributed by atoms with Gasteiger partial charge in [0.05, 0.1) is 11.3 Å². The standard InChI is InChI=1S/C28H32FN5O2/c1-4-21(3)34(28(36)23-7-5-6-8-24(23)29)19-27(35)33-17-15-32(16-18-33)26-14-13-25(30-31-26)22-11-9-20(2)10-12-22/h5-14,21H,4,15-19H2,1-3H3. The van der Waals surface area contributed by atoms with Crippen LogP contribution < -0.4 is 4.90 Å². The van der Waals surface area contributed by atoms with Gasteiger partial charge in [-0.1, -0.05) is 48.9 Å². The summed E-state index contributed by atoms with van der Waals surface area (Å²) in [5, 5.41) is 8.79. The summed E-state index contributed by atoms with van der Waals surface area (Å²) in [7, 11) is 0. The number of nitrogens with zero attached hydrogens (tertiary/aromatic N) is 5.